The quantitative estimate of drug-likeness (QED) is 0.380. The Morgan fingerprint density at radius 1 is 1.46 bits per heavy atom. The molecule has 0 fully saturated rings. The van der Waals surface area contributed by atoms with Gasteiger partial charge in [0.1, 0.15) is 0 Å². The van der Waals surface area contributed by atoms with E-state index in [-0.39, 0.29) is 22.3 Å². The maximum Gasteiger partial charge on any atom is 0.389 e. The van der Waals surface area contributed by atoms with Crippen LogP contribution in [0.5, 0.6) is 0 Å². The molecule has 7 nitrogen and oxygen atoms in total. The van der Waals surface area contributed by atoms with Crippen LogP contribution >= 0.6 is 46.3 Å². The van der Waals surface area contributed by atoms with E-state index < -0.39 is 17.0 Å². The van der Waals surface area contributed by atoms with Crippen LogP contribution in [0.3, 0.4) is 0 Å². The number of nitro groups is 1. The molecule has 0 aliphatic rings. The number of aromatic nitrogens is 2. The summed E-state index contributed by atoms with van der Waals surface area (Å²) >= 11 is 14.2. The third kappa shape index (κ3) is 4.35. The molecule has 2 heterocycles. The Hall–Kier alpha value is -1.42. The Labute approximate surface area is 155 Å². The number of thiazole rings is 1. The number of halogens is 2. The Morgan fingerprint density at radius 3 is 2.62 bits per heavy atom. The lowest BCUT2D eigenvalue weighted by atomic mass is 10.4. The molecule has 0 aliphatic heterocycles. The molecule has 2 aromatic rings. The van der Waals surface area contributed by atoms with E-state index in [1.807, 2.05) is 0 Å². The second-order valence-electron chi connectivity index (χ2n) is 4.44. The highest BCUT2D eigenvalue weighted by Gasteiger charge is 2.29. The van der Waals surface area contributed by atoms with Gasteiger partial charge in [-0.05, 0) is 16.8 Å². The highest BCUT2D eigenvalue weighted by atomic mass is 35.5. The van der Waals surface area contributed by atoms with Gasteiger partial charge in [-0.2, -0.15) is 0 Å². The second kappa shape index (κ2) is 8.11. The average Bonchev–Trinajstić information content (AvgIpc) is 2.95. The molecule has 0 bridgehead atoms. The van der Waals surface area contributed by atoms with Crippen LogP contribution in [0, 0.1) is 10.1 Å². The molecule has 11 heteroatoms. The fourth-order valence-corrected chi connectivity index (χ4v) is 4.30. The molecular weight excluding hydrogens is 397 g/mol. The summed E-state index contributed by atoms with van der Waals surface area (Å²) in [6.45, 7) is 3.27. The van der Waals surface area contributed by atoms with Gasteiger partial charge < -0.3 is 14.9 Å². The van der Waals surface area contributed by atoms with Gasteiger partial charge in [0.15, 0.2) is 10.3 Å². The highest BCUT2D eigenvalue weighted by Crippen LogP contribution is 2.45. The van der Waals surface area contributed by atoms with Crippen molar-refractivity contribution in [2.75, 3.05) is 0 Å². The summed E-state index contributed by atoms with van der Waals surface area (Å²) in [5.41, 5.74) is 0. The smallest absolute Gasteiger partial charge is 0.389 e. The zero-order valence-electron chi connectivity index (χ0n) is 12.5. The zero-order valence-corrected chi connectivity index (χ0v) is 15.6. The van der Waals surface area contributed by atoms with Crippen LogP contribution in [0.25, 0.3) is 0 Å². The monoisotopic (exact) mass is 407 g/mol. The Kier molecular flexibility index (Phi) is 6.39. The molecule has 0 amide bonds. The van der Waals surface area contributed by atoms with Gasteiger partial charge in [0, 0.05) is 18.8 Å². The molecule has 0 saturated carbocycles. The normalized spacial score (nSPS) is 12.0. The molecule has 1 unspecified atom stereocenters. The van der Waals surface area contributed by atoms with Crippen molar-refractivity contribution >= 4 is 58.1 Å². The first-order chi connectivity index (χ1) is 11.3. The minimum absolute atomic E-state index is 0.210. The van der Waals surface area contributed by atoms with Crippen LogP contribution in [0.15, 0.2) is 21.5 Å². The summed E-state index contributed by atoms with van der Waals surface area (Å²) < 4.78 is 5.44. The van der Waals surface area contributed by atoms with E-state index in [1.54, 1.807) is 13.8 Å². The van der Waals surface area contributed by atoms with Crippen LogP contribution in [0.2, 0.25) is 10.0 Å². The number of esters is 1. The standard InChI is InChI=1S/C13H11Cl2N3O4S2/c1-3-9(19)22-6(2)12-17-11(18(20)21)13(24-12)23-10-7(14)4-16-5-8(10)15/h4-6H,3H2,1-2H3. The summed E-state index contributed by atoms with van der Waals surface area (Å²) in [6, 6.07) is 0. The third-order valence-electron chi connectivity index (χ3n) is 2.72. The molecule has 0 radical (unpaired) electrons. The van der Waals surface area contributed by atoms with E-state index in [9.17, 15) is 14.9 Å². The molecule has 1 atom stereocenters. The van der Waals surface area contributed by atoms with Crippen LogP contribution in [-0.4, -0.2) is 20.9 Å². The predicted octanol–water partition coefficient (Wildman–Crippen LogP) is 4.92. The van der Waals surface area contributed by atoms with Crippen molar-refractivity contribution in [3.05, 3.63) is 37.6 Å². The lowest BCUT2D eigenvalue weighted by Gasteiger charge is -2.06. The fraction of sp³-hybridized carbons (Fsp3) is 0.308. The molecular formula is C13H11Cl2N3O4S2. The molecule has 0 aromatic carbocycles. The van der Waals surface area contributed by atoms with E-state index in [0.29, 0.717) is 14.1 Å². The van der Waals surface area contributed by atoms with E-state index in [2.05, 4.69) is 9.97 Å². The van der Waals surface area contributed by atoms with Crippen molar-refractivity contribution in [1.82, 2.24) is 9.97 Å². The summed E-state index contributed by atoms with van der Waals surface area (Å²) in [7, 11) is 0. The van der Waals surface area contributed by atoms with E-state index >= 15 is 0 Å². The van der Waals surface area contributed by atoms with Gasteiger partial charge >= 0.3 is 11.8 Å². The molecule has 0 spiro atoms. The number of carbonyl (C=O) groups is 1. The van der Waals surface area contributed by atoms with E-state index in [1.165, 1.54) is 12.4 Å². The van der Waals surface area contributed by atoms with Crippen molar-refractivity contribution in [3.8, 4) is 0 Å². The van der Waals surface area contributed by atoms with Crippen LogP contribution in [0.1, 0.15) is 31.4 Å². The molecule has 128 valence electrons. The van der Waals surface area contributed by atoms with Gasteiger partial charge in [-0.25, -0.2) is 0 Å². The molecule has 2 aromatic heterocycles. The van der Waals surface area contributed by atoms with Gasteiger partial charge in [0.2, 0.25) is 5.01 Å². The van der Waals surface area contributed by atoms with Crippen molar-refractivity contribution in [2.24, 2.45) is 0 Å². The summed E-state index contributed by atoms with van der Waals surface area (Å²) in [4.78, 5) is 30.3. The summed E-state index contributed by atoms with van der Waals surface area (Å²) in [5, 5.41) is 12.1. The van der Waals surface area contributed by atoms with Gasteiger partial charge in [0.25, 0.3) is 0 Å². The number of hydrogen-bond donors (Lipinski definition) is 0. The van der Waals surface area contributed by atoms with Crippen LogP contribution in [-0.2, 0) is 9.53 Å². The first-order valence-electron chi connectivity index (χ1n) is 6.64. The molecule has 24 heavy (non-hydrogen) atoms. The summed E-state index contributed by atoms with van der Waals surface area (Å²) in [5.74, 6) is -0.738. The lowest BCUT2D eigenvalue weighted by Crippen LogP contribution is -2.07. The van der Waals surface area contributed by atoms with Crippen molar-refractivity contribution < 1.29 is 14.5 Å². The van der Waals surface area contributed by atoms with E-state index in [4.69, 9.17) is 27.9 Å². The maximum absolute atomic E-state index is 11.4. The largest absolute Gasteiger partial charge is 0.453 e. The Morgan fingerprint density at radius 2 is 2.08 bits per heavy atom. The van der Waals surface area contributed by atoms with Crippen molar-refractivity contribution in [3.63, 3.8) is 0 Å². The predicted molar refractivity (Wildman–Crippen MR) is 91.9 cm³/mol. The number of hydrogen-bond acceptors (Lipinski definition) is 8. The first-order valence-corrected chi connectivity index (χ1v) is 9.03. The number of carbonyl (C=O) groups excluding carboxylic acids is 1. The van der Waals surface area contributed by atoms with E-state index in [0.717, 1.165) is 23.1 Å². The van der Waals surface area contributed by atoms with Gasteiger partial charge in [-0.1, -0.05) is 53.2 Å². The molecule has 0 aliphatic carbocycles. The minimum Gasteiger partial charge on any atom is -0.453 e. The number of nitrogens with zero attached hydrogens (tertiary/aromatic N) is 3. The topological polar surface area (TPSA) is 95.2 Å². The van der Waals surface area contributed by atoms with Gasteiger partial charge in [-0.15, -0.1) is 0 Å². The third-order valence-corrected chi connectivity index (χ3v) is 6.03. The first kappa shape index (κ1) is 18.9. The SMILES string of the molecule is CCC(=O)OC(C)c1nc([N+](=O)[O-])c(Sc2c(Cl)cncc2Cl)s1. The molecule has 0 saturated heterocycles. The second-order valence-corrected chi connectivity index (χ2v) is 7.56. The van der Waals surface area contributed by atoms with Crippen LogP contribution in [0.4, 0.5) is 5.82 Å². The Balaban J connectivity index is 2.36. The maximum atomic E-state index is 11.4. The highest BCUT2D eigenvalue weighted by molar-refractivity contribution is 8.01. The number of rotatable bonds is 6. The lowest BCUT2D eigenvalue weighted by molar-refractivity contribution is -0.391. The minimum atomic E-state index is -0.682. The van der Waals surface area contributed by atoms with Crippen molar-refractivity contribution in [1.29, 1.82) is 0 Å². The molecule has 0 N–H and O–H groups in total. The zero-order chi connectivity index (χ0) is 17.9. The Bertz CT molecular complexity index is 764. The van der Waals surface area contributed by atoms with Crippen molar-refractivity contribution in [2.45, 2.75) is 35.5 Å². The van der Waals surface area contributed by atoms with Gasteiger partial charge in [0.05, 0.1) is 14.9 Å². The summed E-state index contributed by atoms with van der Waals surface area (Å²) in [6.07, 6.45) is 2.32. The van der Waals surface area contributed by atoms with Gasteiger partial charge in [-0.3, -0.25) is 9.78 Å². The number of ether oxygens (including phenoxy) is 1. The number of pyridine rings is 1. The average molecular weight is 408 g/mol. The van der Waals surface area contributed by atoms with Crippen LogP contribution < -0.4 is 0 Å². The fourth-order valence-electron chi connectivity index (χ4n) is 1.59. The molecule has 2 rings (SSSR count).